The van der Waals surface area contributed by atoms with Crippen molar-refractivity contribution in [3.8, 4) is 0 Å². The summed E-state index contributed by atoms with van der Waals surface area (Å²) < 4.78 is 37.9. The molecular formula is C12H13BrF3NO. The summed E-state index contributed by atoms with van der Waals surface area (Å²) in [7, 11) is 0. The van der Waals surface area contributed by atoms with Crippen LogP contribution in [-0.2, 0) is 6.18 Å². The van der Waals surface area contributed by atoms with Gasteiger partial charge in [0, 0.05) is 11.0 Å². The van der Waals surface area contributed by atoms with Crippen molar-refractivity contribution in [1.29, 1.82) is 0 Å². The second kappa shape index (κ2) is 5.73. The van der Waals surface area contributed by atoms with Crippen LogP contribution in [0.2, 0.25) is 0 Å². The number of nitrogens with one attached hydrogen (secondary N) is 1. The minimum Gasteiger partial charge on any atom is -0.352 e. The number of hydrogen-bond acceptors (Lipinski definition) is 1. The lowest BCUT2D eigenvalue weighted by atomic mass is 10.1. The van der Waals surface area contributed by atoms with E-state index in [1.54, 1.807) is 0 Å². The minimum absolute atomic E-state index is 0.00882. The second-order valence-electron chi connectivity index (χ2n) is 4.30. The molecule has 18 heavy (non-hydrogen) atoms. The second-order valence-corrected chi connectivity index (χ2v) is 5.15. The van der Waals surface area contributed by atoms with Crippen molar-refractivity contribution in [2.24, 2.45) is 5.92 Å². The lowest BCUT2D eigenvalue weighted by Gasteiger charge is -2.12. The molecule has 1 N–H and O–H groups in total. The molecule has 0 radical (unpaired) electrons. The van der Waals surface area contributed by atoms with Gasteiger partial charge in [0.25, 0.3) is 5.91 Å². The first-order chi connectivity index (χ1) is 8.21. The third kappa shape index (κ3) is 4.01. The van der Waals surface area contributed by atoms with Crippen LogP contribution in [-0.4, -0.2) is 12.5 Å². The van der Waals surface area contributed by atoms with Gasteiger partial charge in [0.15, 0.2) is 0 Å². The van der Waals surface area contributed by atoms with Gasteiger partial charge in [-0.1, -0.05) is 13.8 Å². The molecule has 0 spiro atoms. The maximum absolute atomic E-state index is 12.5. The van der Waals surface area contributed by atoms with E-state index in [-0.39, 0.29) is 11.5 Å². The average molecular weight is 324 g/mol. The first-order valence-corrected chi connectivity index (χ1v) is 6.16. The van der Waals surface area contributed by atoms with Gasteiger partial charge in [-0.3, -0.25) is 4.79 Å². The van der Waals surface area contributed by atoms with E-state index >= 15 is 0 Å². The Bertz CT molecular complexity index is 443. The van der Waals surface area contributed by atoms with Crippen molar-refractivity contribution in [3.05, 3.63) is 33.8 Å². The summed E-state index contributed by atoms with van der Waals surface area (Å²) in [4.78, 5) is 11.7. The number of benzene rings is 1. The molecule has 0 aliphatic heterocycles. The zero-order valence-corrected chi connectivity index (χ0v) is 11.5. The van der Waals surface area contributed by atoms with Crippen molar-refractivity contribution in [2.75, 3.05) is 6.54 Å². The summed E-state index contributed by atoms with van der Waals surface area (Å²) in [6.45, 7) is 4.23. The Labute approximate surface area is 112 Å². The van der Waals surface area contributed by atoms with Crippen molar-refractivity contribution in [2.45, 2.75) is 20.0 Å². The number of hydrogen-bond donors (Lipinski definition) is 1. The van der Waals surface area contributed by atoms with Crippen molar-refractivity contribution in [1.82, 2.24) is 5.32 Å². The van der Waals surface area contributed by atoms with E-state index in [9.17, 15) is 18.0 Å². The smallest absolute Gasteiger partial charge is 0.352 e. The maximum atomic E-state index is 12.5. The van der Waals surface area contributed by atoms with E-state index in [1.165, 1.54) is 6.07 Å². The summed E-state index contributed by atoms with van der Waals surface area (Å²) in [5, 5.41) is 2.58. The molecule has 0 atom stereocenters. The van der Waals surface area contributed by atoms with Gasteiger partial charge >= 0.3 is 6.18 Å². The molecule has 0 aliphatic carbocycles. The quantitative estimate of drug-likeness (QED) is 0.899. The van der Waals surface area contributed by atoms with Crippen molar-refractivity contribution in [3.63, 3.8) is 0 Å². The largest absolute Gasteiger partial charge is 0.416 e. The van der Waals surface area contributed by atoms with Gasteiger partial charge in [0.2, 0.25) is 0 Å². The molecule has 0 aliphatic rings. The van der Waals surface area contributed by atoms with Crippen LogP contribution in [0.15, 0.2) is 22.7 Å². The molecule has 0 saturated carbocycles. The standard InChI is InChI=1S/C12H13BrF3NO/c1-7(2)6-17-11(18)9-5-8(12(14,15)16)3-4-10(9)13/h3-5,7H,6H2,1-2H3,(H,17,18). The summed E-state index contributed by atoms with van der Waals surface area (Å²) in [6.07, 6.45) is -4.45. The third-order valence-corrected chi connectivity index (χ3v) is 2.90. The van der Waals surface area contributed by atoms with Gasteiger partial charge in [0.1, 0.15) is 0 Å². The topological polar surface area (TPSA) is 29.1 Å². The highest BCUT2D eigenvalue weighted by atomic mass is 79.9. The number of halogens is 4. The SMILES string of the molecule is CC(C)CNC(=O)c1cc(C(F)(F)F)ccc1Br. The molecule has 0 fully saturated rings. The van der Waals surface area contributed by atoms with Gasteiger partial charge in [-0.25, -0.2) is 0 Å². The number of carbonyl (C=O) groups is 1. The van der Waals surface area contributed by atoms with Gasteiger partial charge in [-0.2, -0.15) is 13.2 Å². The molecule has 0 bridgehead atoms. The normalized spacial score (nSPS) is 11.7. The third-order valence-electron chi connectivity index (χ3n) is 2.21. The van der Waals surface area contributed by atoms with Gasteiger partial charge in [0.05, 0.1) is 11.1 Å². The maximum Gasteiger partial charge on any atom is 0.416 e. The first kappa shape index (κ1) is 15.0. The molecule has 1 amide bonds. The van der Waals surface area contributed by atoms with E-state index in [2.05, 4.69) is 21.2 Å². The van der Waals surface area contributed by atoms with Crippen LogP contribution < -0.4 is 5.32 Å². The zero-order valence-electron chi connectivity index (χ0n) is 9.94. The Morgan fingerprint density at radius 3 is 2.50 bits per heavy atom. The fraction of sp³-hybridized carbons (Fsp3) is 0.417. The Morgan fingerprint density at radius 1 is 1.39 bits per heavy atom. The van der Waals surface area contributed by atoms with E-state index in [1.807, 2.05) is 13.8 Å². The molecule has 2 nitrogen and oxygen atoms in total. The number of rotatable bonds is 3. The highest BCUT2D eigenvalue weighted by Gasteiger charge is 2.31. The van der Waals surface area contributed by atoms with Gasteiger partial charge < -0.3 is 5.32 Å². The Balaban J connectivity index is 2.97. The van der Waals surface area contributed by atoms with Crippen LogP contribution in [0.1, 0.15) is 29.8 Å². The highest BCUT2D eigenvalue weighted by molar-refractivity contribution is 9.10. The van der Waals surface area contributed by atoms with E-state index in [0.29, 0.717) is 11.0 Å². The fourth-order valence-corrected chi connectivity index (χ4v) is 1.69. The summed E-state index contributed by atoms with van der Waals surface area (Å²) in [6, 6.07) is 3.01. The average Bonchev–Trinajstić information content (AvgIpc) is 2.24. The van der Waals surface area contributed by atoms with E-state index in [4.69, 9.17) is 0 Å². The van der Waals surface area contributed by atoms with Gasteiger partial charge in [-0.15, -0.1) is 0 Å². The lowest BCUT2D eigenvalue weighted by Crippen LogP contribution is -2.27. The number of carbonyl (C=O) groups excluding carboxylic acids is 1. The molecule has 0 saturated heterocycles. The van der Waals surface area contributed by atoms with E-state index in [0.717, 1.165) is 12.1 Å². The zero-order chi connectivity index (χ0) is 13.9. The Morgan fingerprint density at radius 2 is 2.00 bits per heavy atom. The predicted octanol–water partition coefficient (Wildman–Crippen LogP) is 3.85. The van der Waals surface area contributed by atoms with Gasteiger partial charge in [-0.05, 0) is 40.0 Å². The molecule has 0 aromatic heterocycles. The molecule has 1 aromatic rings. The molecule has 0 unspecified atom stereocenters. The molecule has 0 heterocycles. The van der Waals surface area contributed by atoms with Crippen LogP contribution in [0.3, 0.4) is 0 Å². The van der Waals surface area contributed by atoms with E-state index < -0.39 is 17.6 Å². The van der Waals surface area contributed by atoms with Crippen molar-refractivity contribution < 1.29 is 18.0 Å². The van der Waals surface area contributed by atoms with Crippen LogP contribution in [0, 0.1) is 5.92 Å². The fourth-order valence-electron chi connectivity index (χ4n) is 1.27. The lowest BCUT2D eigenvalue weighted by molar-refractivity contribution is -0.137. The predicted molar refractivity (Wildman–Crippen MR) is 66.3 cm³/mol. The van der Waals surface area contributed by atoms with Crippen LogP contribution in [0.25, 0.3) is 0 Å². The summed E-state index contributed by atoms with van der Waals surface area (Å²) >= 11 is 3.08. The Hall–Kier alpha value is -1.04. The first-order valence-electron chi connectivity index (χ1n) is 5.36. The summed E-state index contributed by atoms with van der Waals surface area (Å²) in [5.74, 6) is -0.278. The van der Waals surface area contributed by atoms with Crippen LogP contribution in [0.4, 0.5) is 13.2 Å². The number of amides is 1. The molecular weight excluding hydrogens is 311 g/mol. The highest BCUT2D eigenvalue weighted by Crippen LogP contribution is 2.31. The number of alkyl halides is 3. The Kier molecular flexibility index (Phi) is 4.78. The summed E-state index contributed by atoms with van der Waals surface area (Å²) in [5.41, 5.74) is -0.842. The minimum atomic E-state index is -4.45. The van der Waals surface area contributed by atoms with Crippen molar-refractivity contribution >= 4 is 21.8 Å². The molecule has 1 rings (SSSR count). The molecule has 1 aromatic carbocycles. The molecule has 100 valence electrons. The van der Waals surface area contributed by atoms with Crippen LogP contribution >= 0.6 is 15.9 Å². The molecule has 6 heteroatoms. The monoisotopic (exact) mass is 323 g/mol. The van der Waals surface area contributed by atoms with Crippen LogP contribution in [0.5, 0.6) is 0 Å².